The van der Waals surface area contributed by atoms with E-state index in [2.05, 4.69) is 5.32 Å². The highest BCUT2D eigenvalue weighted by atomic mass is 35.5. The lowest BCUT2D eigenvalue weighted by molar-refractivity contribution is -0.0219. The number of hydrogen-bond donors (Lipinski definition) is 2. The van der Waals surface area contributed by atoms with Gasteiger partial charge >= 0.3 is 12.0 Å². The summed E-state index contributed by atoms with van der Waals surface area (Å²) >= 11 is 5.87. The minimum absolute atomic E-state index is 0.0176. The van der Waals surface area contributed by atoms with Gasteiger partial charge in [0.15, 0.2) is 0 Å². The molecule has 2 heterocycles. The van der Waals surface area contributed by atoms with Crippen LogP contribution < -0.4 is 5.32 Å². The zero-order chi connectivity index (χ0) is 15.0. The largest absolute Gasteiger partial charge is 0.478 e. The fourth-order valence-corrected chi connectivity index (χ4v) is 2.95. The number of carbonyl (C=O) groups excluding carboxylic acids is 1. The molecule has 2 saturated heterocycles. The molecule has 2 bridgehead atoms. The number of amides is 2. The molecule has 0 aliphatic carbocycles. The maximum absolute atomic E-state index is 12.3. The van der Waals surface area contributed by atoms with Gasteiger partial charge in [0.1, 0.15) is 0 Å². The van der Waals surface area contributed by atoms with E-state index in [0.717, 1.165) is 12.8 Å². The Bertz CT molecular complexity index is 580. The summed E-state index contributed by atoms with van der Waals surface area (Å²) in [6.07, 6.45) is 2.11. The molecule has 3 rings (SSSR count). The molecule has 2 unspecified atom stereocenters. The second-order valence-electron chi connectivity index (χ2n) is 5.29. The minimum atomic E-state index is -1.11. The van der Waals surface area contributed by atoms with Crippen molar-refractivity contribution >= 4 is 29.3 Å². The topological polar surface area (TPSA) is 78.9 Å². The molecule has 2 amide bonds. The Morgan fingerprint density at radius 2 is 1.95 bits per heavy atom. The van der Waals surface area contributed by atoms with E-state index in [1.165, 1.54) is 18.2 Å². The number of aromatic carboxylic acids is 1. The zero-order valence-corrected chi connectivity index (χ0v) is 12.0. The van der Waals surface area contributed by atoms with Crippen molar-refractivity contribution in [2.75, 3.05) is 18.4 Å². The molecule has 21 heavy (non-hydrogen) atoms. The summed E-state index contributed by atoms with van der Waals surface area (Å²) < 4.78 is 5.67. The van der Waals surface area contributed by atoms with Crippen molar-refractivity contribution in [1.82, 2.24) is 4.90 Å². The molecule has 1 aromatic rings. The van der Waals surface area contributed by atoms with Crippen molar-refractivity contribution in [3.8, 4) is 0 Å². The number of halogens is 1. The van der Waals surface area contributed by atoms with E-state index < -0.39 is 5.97 Å². The van der Waals surface area contributed by atoms with Crippen molar-refractivity contribution in [2.24, 2.45) is 0 Å². The molecule has 2 aliphatic rings. The van der Waals surface area contributed by atoms with Gasteiger partial charge in [-0.2, -0.15) is 0 Å². The van der Waals surface area contributed by atoms with Crippen molar-refractivity contribution in [3.63, 3.8) is 0 Å². The second-order valence-corrected chi connectivity index (χ2v) is 5.72. The van der Waals surface area contributed by atoms with E-state index >= 15 is 0 Å². The zero-order valence-electron chi connectivity index (χ0n) is 11.2. The van der Waals surface area contributed by atoms with Crippen LogP contribution in [0.25, 0.3) is 0 Å². The van der Waals surface area contributed by atoms with Crippen LogP contribution in [-0.2, 0) is 4.74 Å². The second kappa shape index (κ2) is 5.54. The number of carboxylic acid groups (broad SMARTS) is 1. The average molecular weight is 311 g/mol. The Morgan fingerprint density at radius 3 is 2.57 bits per heavy atom. The van der Waals surface area contributed by atoms with Crippen LogP contribution in [0.1, 0.15) is 23.2 Å². The van der Waals surface area contributed by atoms with E-state index in [0.29, 0.717) is 18.1 Å². The lowest BCUT2D eigenvalue weighted by atomic mass is 10.2. The van der Waals surface area contributed by atoms with Crippen molar-refractivity contribution in [3.05, 3.63) is 28.8 Å². The summed E-state index contributed by atoms with van der Waals surface area (Å²) in [5, 5.41) is 12.2. The van der Waals surface area contributed by atoms with Gasteiger partial charge in [-0.1, -0.05) is 11.6 Å². The molecule has 0 aromatic heterocycles. The summed E-state index contributed by atoms with van der Waals surface area (Å²) in [4.78, 5) is 25.1. The Kier molecular flexibility index (Phi) is 3.73. The van der Waals surface area contributed by atoms with Crippen LogP contribution >= 0.6 is 11.6 Å². The summed E-state index contributed by atoms with van der Waals surface area (Å²) in [7, 11) is 0. The predicted octanol–water partition coefficient (Wildman–Crippen LogP) is 2.43. The van der Waals surface area contributed by atoms with Gasteiger partial charge in [0.25, 0.3) is 0 Å². The molecule has 2 fully saturated rings. The van der Waals surface area contributed by atoms with E-state index in [9.17, 15) is 9.59 Å². The molecule has 0 saturated carbocycles. The lowest BCUT2D eigenvalue weighted by Crippen LogP contribution is -2.47. The van der Waals surface area contributed by atoms with E-state index in [1.54, 1.807) is 4.90 Å². The van der Waals surface area contributed by atoms with Crippen LogP contribution in [0.4, 0.5) is 10.5 Å². The van der Waals surface area contributed by atoms with E-state index in [-0.39, 0.29) is 29.5 Å². The molecular weight excluding hydrogens is 296 g/mol. The molecule has 0 radical (unpaired) electrons. The minimum Gasteiger partial charge on any atom is -0.478 e. The quantitative estimate of drug-likeness (QED) is 0.879. The van der Waals surface area contributed by atoms with Crippen LogP contribution in [0.5, 0.6) is 0 Å². The maximum Gasteiger partial charge on any atom is 0.337 e. The van der Waals surface area contributed by atoms with Crippen LogP contribution in [0.3, 0.4) is 0 Å². The smallest absolute Gasteiger partial charge is 0.337 e. The first-order chi connectivity index (χ1) is 10.0. The predicted molar refractivity (Wildman–Crippen MR) is 76.9 cm³/mol. The number of likely N-dealkylation sites (tertiary alicyclic amines) is 1. The summed E-state index contributed by atoms with van der Waals surface area (Å²) in [6, 6.07) is 3.98. The van der Waals surface area contributed by atoms with Crippen molar-refractivity contribution < 1.29 is 19.4 Å². The number of rotatable bonds is 2. The number of morpholine rings is 1. The van der Waals surface area contributed by atoms with Gasteiger partial charge in [-0.05, 0) is 31.0 Å². The highest BCUT2D eigenvalue weighted by Crippen LogP contribution is 2.27. The van der Waals surface area contributed by atoms with Crippen LogP contribution in [0, 0.1) is 0 Å². The summed E-state index contributed by atoms with van der Waals surface area (Å²) in [5.41, 5.74) is 0.225. The summed E-state index contributed by atoms with van der Waals surface area (Å²) in [6.45, 7) is 1.07. The van der Waals surface area contributed by atoms with Crippen LogP contribution in [0.15, 0.2) is 18.2 Å². The number of hydrogen-bond acceptors (Lipinski definition) is 3. The highest BCUT2D eigenvalue weighted by Gasteiger charge is 2.35. The third-order valence-corrected chi connectivity index (χ3v) is 4.02. The van der Waals surface area contributed by atoms with Gasteiger partial charge in [-0.3, -0.25) is 0 Å². The summed E-state index contributed by atoms with van der Waals surface area (Å²) in [5.74, 6) is -1.11. The third kappa shape index (κ3) is 2.96. The molecule has 0 spiro atoms. The molecule has 1 aromatic carbocycles. The molecule has 112 valence electrons. The first-order valence-corrected chi connectivity index (χ1v) is 7.15. The first-order valence-electron chi connectivity index (χ1n) is 6.77. The fraction of sp³-hybridized carbons (Fsp3) is 0.429. The number of nitrogens with zero attached hydrogens (tertiary/aromatic N) is 1. The number of urea groups is 1. The van der Waals surface area contributed by atoms with Gasteiger partial charge in [0.2, 0.25) is 0 Å². The molecular formula is C14H15ClN2O4. The van der Waals surface area contributed by atoms with E-state index in [4.69, 9.17) is 21.4 Å². The number of nitrogens with one attached hydrogen (secondary N) is 1. The monoisotopic (exact) mass is 310 g/mol. The van der Waals surface area contributed by atoms with Gasteiger partial charge in [0.05, 0.1) is 23.5 Å². The van der Waals surface area contributed by atoms with E-state index in [1.807, 2.05) is 0 Å². The Hall–Kier alpha value is -1.79. The number of carbonyl (C=O) groups is 2. The average Bonchev–Trinajstić information content (AvgIpc) is 2.77. The van der Waals surface area contributed by atoms with Crippen molar-refractivity contribution in [2.45, 2.75) is 25.0 Å². The fourth-order valence-electron chi connectivity index (χ4n) is 2.78. The third-order valence-electron chi connectivity index (χ3n) is 3.78. The van der Waals surface area contributed by atoms with Crippen LogP contribution in [0.2, 0.25) is 5.02 Å². The number of benzene rings is 1. The first kappa shape index (κ1) is 14.2. The highest BCUT2D eigenvalue weighted by molar-refractivity contribution is 6.31. The van der Waals surface area contributed by atoms with Crippen LogP contribution in [-0.4, -0.2) is 47.3 Å². The SMILES string of the molecule is O=C(O)c1ccc(Cl)cc1NC(=O)N1CC2CCC(C1)O2. The Labute approximate surface area is 126 Å². The number of anilines is 1. The molecule has 2 atom stereocenters. The molecule has 2 N–H and O–H groups in total. The standard InChI is InChI=1S/C14H15ClN2O4/c15-8-1-4-11(13(18)19)12(5-8)16-14(20)17-6-9-2-3-10(7-17)21-9/h1,4-5,9-10H,2-3,6-7H2,(H,16,20)(H,18,19). The molecule has 6 nitrogen and oxygen atoms in total. The number of carboxylic acids is 1. The molecule has 7 heteroatoms. The van der Waals surface area contributed by atoms with Gasteiger partial charge in [-0.15, -0.1) is 0 Å². The lowest BCUT2D eigenvalue weighted by Gasteiger charge is -2.32. The normalized spacial score (nSPS) is 24.0. The Morgan fingerprint density at radius 1 is 1.29 bits per heavy atom. The van der Waals surface area contributed by atoms with Gasteiger partial charge < -0.3 is 20.1 Å². The maximum atomic E-state index is 12.3. The Balaban J connectivity index is 1.75. The van der Waals surface area contributed by atoms with Crippen molar-refractivity contribution in [1.29, 1.82) is 0 Å². The van der Waals surface area contributed by atoms with Gasteiger partial charge in [-0.25, -0.2) is 9.59 Å². The molecule has 2 aliphatic heterocycles. The number of fused-ring (bicyclic) bond motifs is 2. The number of ether oxygens (including phenoxy) is 1. The van der Waals surface area contributed by atoms with Gasteiger partial charge in [0, 0.05) is 18.1 Å².